The summed E-state index contributed by atoms with van der Waals surface area (Å²) in [5, 5.41) is 17.4. The van der Waals surface area contributed by atoms with Crippen LogP contribution in [0, 0.1) is 17.2 Å². The number of aliphatic carboxylic acids is 1. The number of hydrogen-bond acceptors (Lipinski definition) is 4. The fourth-order valence-corrected chi connectivity index (χ4v) is 1.79. The first-order valence-corrected chi connectivity index (χ1v) is 5.48. The third kappa shape index (κ3) is 3.43. The second kappa shape index (κ2) is 5.64. The van der Waals surface area contributed by atoms with Gasteiger partial charge in [0.25, 0.3) is 5.91 Å². The van der Waals surface area contributed by atoms with E-state index in [1.807, 2.05) is 6.07 Å². The highest BCUT2D eigenvalue weighted by Gasteiger charge is 2.36. The monoisotopic (exact) mass is 240 g/mol. The van der Waals surface area contributed by atoms with Crippen LogP contribution < -0.4 is 0 Å². The molecule has 0 aromatic carbocycles. The van der Waals surface area contributed by atoms with Crippen LogP contribution in [0.5, 0.6) is 0 Å². The van der Waals surface area contributed by atoms with Crippen molar-refractivity contribution < 1.29 is 19.4 Å². The summed E-state index contributed by atoms with van der Waals surface area (Å²) in [5.74, 6) is -1.54. The molecule has 94 valence electrons. The number of likely N-dealkylation sites (N-methyl/N-ethyl adjacent to an activating group) is 1. The predicted molar refractivity (Wildman–Crippen MR) is 57.9 cm³/mol. The molecule has 1 amide bonds. The molecule has 1 N–H and O–H groups in total. The maximum absolute atomic E-state index is 11.9. The highest BCUT2D eigenvalue weighted by Crippen LogP contribution is 2.21. The Hall–Kier alpha value is -1.61. The summed E-state index contributed by atoms with van der Waals surface area (Å²) in [7, 11) is 1.59. The number of rotatable bonds is 4. The van der Waals surface area contributed by atoms with Gasteiger partial charge in [-0.2, -0.15) is 5.26 Å². The minimum absolute atomic E-state index is 0.249. The van der Waals surface area contributed by atoms with Crippen LogP contribution in [0.2, 0.25) is 0 Å². The average molecular weight is 240 g/mol. The maximum Gasteiger partial charge on any atom is 0.332 e. The van der Waals surface area contributed by atoms with Gasteiger partial charge in [0.2, 0.25) is 0 Å². The van der Waals surface area contributed by atoms with Gasteiger partial charge in [-0.15, -0.1) is 0 Å². The van der Waals surface area contributed by atoms with Gasteiger partial charge in [0.05, 0.1) is 12.0 Å². The summed E-state index contributed by atoms with van der Waals surface area (Å²) < 4.78 is 5.15. The molecular formula is C11H16N2O4. The number of amides is 1. The summed E-state index contributed by atoms with van der Waals surface area (Å²) in [6.07, 6.45) is -0.799. The molecule has 1 aliphatic rings. The first-order chi connectivity index (χ1) is 7.95. The van der Waals surface area contributed by atoms with Crippen LogP contribution in [-0.4, -0.2) is 47.7 Å². The number of carboxylic acids is 1. The molecular weight excluding hydrogens is 224 g/mol. The summed E-state index contributed by atoms with van der Waals surface area (Å²) in [4.78, 5) is 24.0. The van der Waals surface area contributed by atoms with Gasteiger partial charge >= 0.3 is 5.97 Å². The van der Waals surface area contributed by atoms with E-state index in [4.69, 9.17) is 15.1 Å². The summed E-state index contributed by atoms with van der Waals surface area (Å²) in [6.45, 7) is 2.05. The van der Waals surface area contributed by atoms with Crippen molar-refractivity contribution >= 4 is 11.9 Å². The van der Waals surface area contributed by atoms with E-state index in [9.17, 15) is 9.59 Å². The molecule has 0 bridgehead atoms. The van der Waals surface area contributed by atoms with E-state index in [0.29, 0.717) is 19.4 Å². The molecule has 1 saturated heterocycles. The van der Waals surface area contributed by atoms with Crippen molar-refractivity contribution in [1.82, 2.24) is 4.90 Å². The van der Waals surface area contributed by atoms with Gasteiger partial charge in [-0.3, -0.25) is 4.79 Å². The number of carbonyl (C=O) groups excluding carboxylic acids is 1. The van der Waals surface area contributed by atoms with Crippen molar-refractivity contribution in [2.75, 3.05) is 13.6 Å². The number of hydrogen-bond donors (Lipinski definition) is 1. The number of carboxylic acid groups (broad SMARTS) is 1. The molecule has 1 heterocycles. The van der Waals surface area contributed by atoms with Crippen LogP contribution >= 0.6 is 0 Å². The molecule has 0 aliphatic carbocycles. The maximum atomic E-state index is 11.9. The lowest BCUT2D eigenvalue weighted by Gasteiger charge is -2.21. The SMILES string of the molecule is CC(C#N)CN(C)C(=O)[C@@H]1CC[C@H](C(=O)O)O1. The smallest absolute Gasteiger partial charge is 0.332 e. The predicted octanol–water partition coefficient (Wildman–Crippen LogP) is 0.237. The van der Waals surface area contributed by atoms with Crippen molar-refractivity contribution in [3.05, 3.63) is 0 Å². The van der Waals surface area contributed by atoms with Crippen LogP contribution in [0.1, 0.15) is 19.8 Å². The molecule has 1 aliphatic heterocycles. The lowest BCUT2D eigenvalue weighted by atomic mass is 10.1. The molecule has 6 nitrogen and oxygen atoms in total. The Morgan fingerprint density at radius 2 is 2.12 bits per heavy atom. The fourth-order valence-electron chi connectivity index (χ4n) is 1.79. The molecule has 0 spiro atoms. The molecule has 0 aromatic rings. The van der Waals surface area contributed by atoms with Crippen LogP contribution in [0.25, 0.3) is 0 Å². The zero-order valence-electron chi connectivity index (χ0n) is 9.92. The van der Waals surface area contributed by atoms with Crippen LogP contribution in [0.4, 0.5) is 0 Å². The highest BCUT2D eigenvalue weighted by molar-refractivity contribution is 5.82. The zero-order chi connectivity index (χ0) is 13.0. The Morgan fingerprint density at radius 3 is 2.59 bits per heavy atom. The van der Waals surface area contributed by atoms with Gasteiger partial charge < -0.3 is 14.7 Å². The molecule has 3 atom stereocenters. The van der Waals surface area contributed by atoms with E-state index < -0.39 is 18.2 Å². The van der Waals surface area contributed by atoms with E-state index in [0.717, 1.165) is 0 Å². The summed E-state index contributed by atoms with van der Waals surface area (Å²) in [5.41, 5.74) is 0. The lowest BCUT2D eigenvalue weighted by Crippen LogP contribution is -2.39. The Bertz CT molecular complexity index is 350. The Balaban J connectivity index is 2.49. The van der Waals surface area contributed by atoms with Crippen LogP contribution in [0.3, 0.4) is 0 Å². The lowest BCUT2D eigenvalue weighted by molar-refractivity contribution is -0.154. The van der Waals surface area contributed by atoms with Gasteiger partial charge in [0.15, 0.2) is 6.10 Å². The number of ether oxygens (including phenoxy) is 1. The molecule has 0 radical (unpaired) electrons. The normalized spacial score (nSPS) is 25.0. The fraction of sp³-hybridized carbons (Fsp3) is 0.727. The molecule has 0 aromatic heterocycles. The largest absolute Gasteiger partial charge is 0.479 e. The average Bonchev–Trinajstić information content (AvgIpc) is 2.77. The van der Waals surface area contributed by atoms with Gasteiger partial charge in [0.1, 0.15) is 6.10 Å². The molecule has 1 rings (SSSR count). The van der Waals surface area contributed by atoms with Gasteiger partial charge in [-0.05, 0) is 19.8 Å². The van der Waals surface area contributed by atoms with Gasteiger partial charge in [-0.1, -0.05) is 0 Å². The highest BCUT2D eigenvalue weighted by atomic mass is 16.5. The summed E-state index contributed by atoms with van der Waals surface area (Å²) >= 11 is 0. The van der Waals surface area contributed by atoms with Gasteiger partial charge in [0, 0.05) is 13.6 Å². The van der Waals surface area contributed by atoms with Crippen molar-refractivity contribution in [2.45, 2.75) is 32.0 Å². The first-order valence-electron chi connectivity index (χ1n) is 5.48. The number of nitriles is 1. The van der Waals surface area contributed by atoms with E-state index >= 15 is 0 Å². The zero-order valence-corrected chi connectivity index (χ0v) is 9.92. The third-order valence-electron chi connectivity index (χ3n) is 2.71. The van der Waals surface area contributed by atoms with Crippen molar-refractivity contribution in [2.24, 2.45) is 5.92 Å². The Kier molecular flexibility index (Phi) is 4.46. The van der Waals surface area contributed by atoms with Crippen LogP contribution in [0.15, 0.2) is 0 Å². The molecule has 0 saturated carbocycles. The van der Waals surface area contributed by atoms with E-state index in [1.165, 1.54) is 4.90 Å². The quantitative estimate of drug-likeness (QED) is 0.760. The molecule has 6 heteroatoms. The van der Waals surface area contributed by atoms with Crippen molar-refractivity contribution in [3.8, 4) is 6.07 Å². The molecule has 1 fully saturated rings. The number of carbonyl (C=O) groups is 2. The molecule has 1 unspecified atom stereocenters. The van der Waals surface area contributed by atoms with Crippen molar-refractivity contribution in [1.29, 1.82) is 5.26 Å². The second-order valence-electron chi connectivity index (χ2n) is 4.28. The number of nitrogens with zero attached hydrogens (tertiary/aromatic N) is 2. The topological polar surface area (TPSA) is 90.6 Å². The van der Waals surface area contributed by atoms with Gasteiger partial charge in [-0.25, -0.2) is 4.79 Å². The van der Waals surface area contributed by atoms with E-state index in [-0.39, 0.29) is 11.8 Å². The Morgan fingerprint density at radius 1 is 1.53 bits per heavy atom. The summed E-state index contributed by atoms with van der Waals surface area (Å²) in [6, 6.07) is 2.04. The van der Waals surface area contributed by atoms with E-state index in [1.54, 1.807) is 14.0 Å². The van der Waals surface area contributed by atoms with E-state index in [2.05, 4.69) is 0 Å². The Labute approximate surface area is 99.8 Å². The second-order valence-corrected chi connectivity index (χ2v) is 4.28. The van der Waals surface area contributed by atoms with Crippen molar-refractivity contribution in [3.63, 3.8) is 0 Å². The minimum atomic E-state index is -1.03. The first kappa shape index (κ1) is 13.5. The minimum Gasteiger partial charge on any atom is -0.479 e. The third-order valence-corrected chi connectivity index (χ3v) is 2.71. The van der Waals surface area contributed by atoms with Crippen LogP contribution in [-0.2, 0) is 14.3 Å². The standard InChI is InChI=1S/C11H16N2O4/c1-7(5-12)6-13(2)10(14)8-3-4-9(17-8)11(15)16/h7-9H,3-4,6H2,1-2H3,(H,15,16)/t7?,8-,9+/m0/s1. The molecule has 17 heavy (non-hydrogen) atoms.